The van der Waals surface area contributed by atoms with Crippen LogP contribution in [0.5, 0.6) is 5.88 Å². The van der Waals surface area contributed by atoms with E-state index in [-0.39, 0.29) is 11.4 Å². The number of nitrogens with zero attached hydrogens (tertiary/aromatic N) is 2. The first kappa shape index (κ1) is 24.0. The molecule has 2 amide bonds. The first-order valence-electron chi connectivity index (χ1n) is 11.6. The number of aromatic nitrogens is 2. The molecule has 7 heteroatoms. The number of hydrogen-bond acceptors (Lipinski definition) is 5. The van der Waals surface area contributed by atoms with Crippen molar-refractivity contribution in [2.75, 3.05) is 24.8 Å². The van der Waals surface area contributed by atoms with Crippen LogP contribution in [0.1, 0.15) is 49.4 Å². The quantitative estimate of drug-likeness (QED) is 0.431. The molecule has 0 radical (unpaired) electrons. The maximum atomic E-state index is 13.0. The Balaban J connectivity index is 1.57. The van der Waals surface area contributed by atoms with Crippen LogP contribution in [-0.4, -0.2) is 30.2 Å². The predicted octanol–water partition coefficient (Wildman–Crippen LogP) is 5.93. The Kier molecular flexibility index (Phi) is 6.87. The van der Waals surface area contributed by atoms with Crippen molar-refractivity contribution in [1.29, 1.82) is 0 Å². The van der Waals surface area contributed by atoms with Crippen LogP contribution in [0.25, 0.3) is 17.3 Å². The van der Waals surface area contributed by atoms with Gasteiger partial charge in [0.1, 0.15) is 11.5 Å². The van der Waals surface area contributed by atoms with Gasteiger partial charge in [0, 0.05) is 30.7 Å². The maximum absolute atomic E-state index is 13.0. The summed E-state index contributed by atoms with van der Waals surface area (Å²) in [6.07, 6.45) is 8.45. The van der Waals surface area contributed by atoms with Gasteiger partial charge in [-0.05, 0) is 52.3 Å². The van der Waals surface area contributed by atoms with Gasteiger partial charge in [-0.3, -0.25) is 0 Å². The molecule has 0 spiro atoms. The fourth-order valence-electron chi connectivity index (χ4n) is 3.95. The van der Waals surface area contributed by atoms with Crippen molar-refractivity contribution in [3.8, 4) is 5.88 Å². The van der Waals surface area contributed by atoms with E-state index in [1.807, 2.05) is 49.5 Å². The number of benzene rings is 1. The van der Waals surface area contributed by atoms with Crippen molar-refractivity contribution in [1.82, 2.24) is 15.3 Å². The average molecular weight is 470 g/mol. The zero-order valence-electron chi connectivity index (χ0n) is 20.8. The first-order chi connectivity index (χ1) is 16.8. The molecule has 0 fully saturated rings. The lowest BCUT2D eigenvalue weighted by atomic mass is 9.88. The van der Waals surface area contributed by atoms with E-state index in [0.717, 1.165) is 33.8 Å². The third kappa shape index (κ3) is 5.51. The lowest BCUT2D eigenvalue weighted by Crippen LogP contribution is -2.29. The number of pyridine rings is 2. The van der Waals surface area contributed by atoms with Gasteiger partial charge >= 0.3 is 6.03 Å². The third-order valence-corrected chi connectivity index (χ3v) is 5.88. The molecule has 2 heterocycles. The Hall–Kier alpha value is -4.13. The second-order valence-corrected chi connectivity index (χ2v) is 9.37. The molecule has 3 N–H and O–H groups in total. The Morgan fingerprint density at radius 1 is 1.06 bits per heavy atom. The van der Waals surface area contributed by atoms with E-state index >= 15 is 0 Å². The second-order valence-electron chi connectivity index (χ2n) is 9.37. The van der Waals surface area contributed by atoms with E-state index in [9.17, 15) is 4.79 Å². The molecule has 0 unspecified atom stereocenters. The number of hydrogen-bond donors (Lipinski definition) is 3. The van der Waals surface area contributed by atoms with Gasteiger partial charge < -0.3 is 20.7 Å². The minimum atomic E-state index is -0.350. The van der Waals surface area contributed by atoms with Crippen LogP contribution >= 0.6 is 0 Å². The number of methoxy groups -OCH3 is 1. The van der Waals surface area contributed by atoms with E-state index in [1.165, 1.54) is 12.7 Å². The smallest absolute Gasteiger partial charge is 0.323 e. The molecule has 0 saturated carbocycles. The number of anilines is 2. The van der Waals surface area contributed by atoms with E-state index < -0.39 is 0 Å². The number of nitrogens with one attached hydrogen (secondary N) is 3. The molecule has 1 aliphatic carbocycles. The van der Waals surface area contributed by atoms with Gasteiger partial charge in [0.05, 0.1) is 7.11 Å². The van der Waals surface area contributed by atoms with E-state index in [2.05, 4.69) is 58.8 Å². The summed E-state index contributed by atoms with van der Waals surface area (Å²) in [5.74, 6) is 1.19. The lowest BCUT2D eigenvalue weighted by Gasteiger charge is -2.22. The Bertz CT molecular complexity index is 1300. The van der Waals surface area contributed by atoms with Crippen molar-refractivity contribution in [2.24, 2.45) is 0 Å². The summed E-state index contributed by atoms with van der Waals surface area (Å²) in [5.41, 5.74) is 6.48. The summed E-state index contributed by atoms with van der Waals surface area (Å²) in [6.45, 7) is 6.29. The zero-order valence-corrected chi connectivity index (χ0v) is 20.8. The zero-order chi connectivity index (χ0) is 25.0. The number of carbonyl (C=O) groups excluding carboxylic acids is 1. The topological polar surface area (TPSA) is 88.2 Å². The summed E-state index contributed by atoms with van der Waals surface area (Å²) in [7, 11) is 3.39. The molecule has 3 aromatic rings. The number of fused-ring (bicyclic) bond motifs is 1. The summed E-state index contributed by atoms with van der Waals surface area (Å²) in [4.78, 5) is 21.6. The summed E-state index contributed by atoms with van der Waals surface area (Å²) in [5, 5.41) is 9.00. The van der Waals surface area contributed by atoms with E-state index in [1.54, 1.807) is 12.4 Å². The van der Waals surface area contributed by atoms with Gasteiger partial charge in [0.2, 0.25) is 5.88 Å². The molecule has 0 bridgehead atoms. The van der Waals surface area contributed by atoms with Crippen LogP contribution in [0.15, 0.2) is 60.9 Å². The highest BCUT2D eigenvalue weighted by molar-refractivity contribution is 5.99. The van der Waals surface area contributed by atoms with Gasteiger partial charge in [-0.2, -0.15) is 0 Å². The van der Waals surface area contributed by atoms with Crippen molar-refractivity contribution >= 4 is 34.9 Å². The molecule has 7 nitrogen and oxygen atoms in total. The summed E-state index contributed by atoms with van der Waals surface area (Å²) in [6, 6.07) is 13.6. The van der Waals surface area contributed by atoms with Crippen LogP contribution in [0.3, 0.4) is 0 Å². The Morgan fingerprint density at radius 3 is 2.54 bits per heavy atom. The lowest BCUT2D eigenvalue weighted by molar-refractivity contribution is 0.255. The highest BCUT2D eigenvalue weighted by Gasteiger charge is 2.20. The largest absolute Gasteiger partial charge is 0.480 e. The molecule has 1 aliphatic rings. The van der Waals surface area contributed by atoms with Crippen LogP contribution < -0.4 is 20.7 Å². The maximum Gasteiger partial charge on any atom is 0.323 e. The Labute approximate surface area is 206 Å². The summed E-state index contributed by atoms with van der Waals surface area (Å²) < 4.78 is 5.36. The SMILES string of the molecule is CNc1cc(C=C2CC=C(NC(=O)Nc3cc(C(C)(C)C)cnc3OC)c3ccccc32)ccn1. The van der Waals surface area contributed by atoms with Crippen molar-refractivity contribution in [2.45, 2.75) is 32.6 Å². The molecular weight excluding hydrogens is 438 g/mol. The van der Waals surface area contributed by atoms with Gasteiger partial charge in [0.25, 0.3) is 0 Å². The highest BCUT2D eigenvalue weighted by Crippen LogP contribution is 2.34. The third-order valence-electron chi connectivity index (χ3n) is 5.88. The van der Waals surface area contributed by atoms with E-state index in [4.69, 9.17) is 4.74 Å². The molecular formula is C28H31N5O2. The minimum absolute atomic E-state index is 0.109. The van der Waals surface area contributed by atoms with E-state index in [0.29, 0.717) is 18.0 Å². The second kappa shape index (κ2) is 10.0. The number of amides is 2. The normalized spacial score (nSPS) is 14.1. The minimum Gasteiger partial charge on any atom is -0.480 e. The molecule has 0 atom stereocenters. The van der Waals surface area contributed by atoms with Gasteiger partial charge in [-0.25, -0.2) is 14.8 Å². The van der Waals surface area contributed by atoms with Crippen LogP contribution in [0.4, 0.5) is 16.3 Å². The van der Waals surface area contributed by atoms with Crippen molar-refractivity contribution in [3.63, 3.8) is 0 Å². The van der Waals surface area contributed by atoms with Crippen LogP contribution in [0.2, 0.25) is 0 Å². The molecule has 2 aromatic heterocycles. The Morgan fingerprint density at radius 2 is 1.83 bits per heavy atom. The number of allylic oxidation sites excluding steroid dienone is 2. The highest BCUT2D eigenvalue weighted by atomic mass is 16.5. The monoisotopic (exact) mass is 469 g/mol. The van der Waals surface area contributed by atoms with Crippen molar-refractivity contribution in [3.05, 3.63) is 83.2 Å². The molecule has 0 aliphatic heterocycles. The van der Waals surface area contributed by atoms with Gasteiger partial charge in [-0.15, -0.1) is 0 Å². The molecule has 4 rings (SSSR count). The van der Waals surface area contributed by atoms with Crippen LogP contribution in [-0.2, 0) is 5.41 Å². The fraction of sp³-hybridized carbons (Fsp3) is 0.250. The molecule has 35 heavy (non-hydrogen) atoms. The predicted molar refractivity (Wildman–Crippen MR) is 142 cm³/mol. The molecule has 180 valence electrons. The average Bonchev–Trinajstić information content (AvgIpc) is 2.85. The number of urea groups is 1. The number of rotatable bonds is 5. The summed E-state index contributed by atoms with van der Waals surface area (Å²) >= 11 is 0. The molecule has 0 saturated heterocycles. The fourth-order valence-corrected chi connectivity index (χ4v) is 3.95. The van der Waals surface area contributed by atoms with Crippen LogP contribution in [0, 0.1) is 0 Å². The molecule has 1 aromatic carbocycles. The first-order valence-corrected chi connectivity index (χ1v) is 11.6. The van der Waals surface area contributed by atoms with Gasteiger partial charge in [0.15, 0.2) is 0 Å². The van der Waals surface area contributed by atoms with Crippen molar-refractivity contribution < 1.29 is 9.53 Å². The number of ether oxygens (including phenoxy) is 1. The number of carbonyl (C=O) groups is 1. The van der Waals surface area contributed by atoms with Gasteiger partial charge in [-0.1, -0.05) is 57.2 Å². The standard InChI is InChI=1S/C28H31N5O2/c1-28(2,3)20-16-24(26(35-5)31-17-20)33-27(34)32-23-11-10-19(21-8-6-7-9-22(21)23)14-18-12-13-30-25(15-18)29-4/h6-9,11-17H,10H2,1-5H3,(H,29,30)(H2,32,33,34).